The van der Waals surface area contributed by atoms with Gasteiger partial charge in [-0.3, -0.25) is 0 Å². The van der Waals surface area contributed by atoms with Crippen LogP contribution in [0.25, 0.3) is 0 Å². The molecule has 0 bridgehead atoms. The lowest BCUT2D eigenvalue weighted by Crippen LogP contribution is -1.98. The molecule has 0 radical (unpaired) electrons. The first-order valence-corrected chi connectivity index (χ1v) is 6.08. The normalized spacial score (nSPS) is 10.3. The Morgan fingerprint density at radius 3 is 2.44 bits per heavy atom. The maximum absolute atomic E-state index is 8.61. The minimum absolute atomic E-state index is 0.322. The van der Waals surface area contributed by atoms with Crippen molar-refractivity contribution in [3.63, 3.8) is 0 Å². The summed E-state index contributed by atoms with van der Waals surface area (Å²) in [4.78, 5) is 4.09. The second kappa shape index (κ2) is 9.16. The zero-order valence-electron chi connectivity index (χ0n) is 9.77. The molecule has 0 spiro atoms. The van der Waals surface area contributed by atoms with Crippen molar-refractivity contribution in [3.8, 4) is 5.88 Å². The molecule has 1 aromatic heterocycles. The summed E-state index contributed by atoms with van der Waals surface area (Å²) in [5.74, 6) is 0.711. The van der Waals surface area contributed by atoms with Crippen LogP contribution in [-0.2, 0) is 0 Å². The molecule has 0 amide bonds. The maximum atomic E-state index is 8.61. The Morgan fingerprint density at radius 1 is 1.00 bits per heavy atom. The number of aromatic nitrogens is 1. The average molecular weight is 223 g/mol. The smallest absolute Gasteiger partial charge is 0.213 e. The minimum atomic E-state index is 0.322. The van der Waals surface area contributed by atoms with E-state index in [1.165, 1.54) is 19.3 Å². The highest BCUT2D eigenvalue weighted by Crippen LogP contribution is 2.07. The first kappa shape index (κ1) is 13.0. The predicted molar refractivity (Wildman–Crippen MR) is 64.5 cm³/mol. The first-order chi connectivity index (χ1) is 7.93. The lowest BCUT2D eigenvalue weighted by atomic mass is 10.1. The number of ether oxygens (including phenoxy) is 1. The molecule has 0 fully saturated rings. The Balaban J connectivity index is 1.89. The fraction of sp³-hybridized carbons (Fsp3) is 0.615. The fourth-order valence-electron chi connectivity index (χ4n) is 1.53. The van der Waals surface area contributed by atoms with Gasteiger partial charge in [-0.15, -0.1) is 0 Å². The number of pyridine rings is 1. The van der Waals surface area contributed by atoms with E-state index in [0.29, 0.717) is 12.5 Å². The van der Waals surface area contributed by atoms with Gasteiger partial charge in [-0.05, 0) is 18.9 Å². The first-order valence-electron chi connectivity index (χ1n) is 6.08. The van der Waals surface area contributed by atoms with Crippen LogP contribution in [0.3, 0.4) is 0 Å². The standard InChI is InChI=1S/C13H21NO2/c15-11-7-3-1-2-4-8-12-16-13-9-5-6-10-14-13/h5-6,9-10,15H,1-4,7-8,11-12H2. The summed E-state index contributed by atoms with van der Waals surface area (Å²) in [6.45, 7) is 1.07. The third-order valence-corrected chi connectivity index (χ3v) is 2.44. The van der Waals surface area contributed by atoms with E-state index >= 15 is 0 Å². The molecule has 0 aromatic carbocycles. The van der Waals surface area contributed by atoms with Gasteiger partial charge in [0.05, 0.1) is 6.61 Å². The summed E-state index contributed by atoms with van der Waals surface area (Å²) in [5.41, 5.74) is 0. The van der Waals surface area contributed by atoms with Gasteiger partial charge in [-0.2, -0.15) is 0 Å². The number of aliphatic hydroxyl groups excluding tert-OH is 1. The van der Waals surface area contributed by atoms with Gasteiger partial charge in [-0.1, -0.05) is 31.7 Å². The fourth-order valence-corrected chi connectivity index (χ4v) is 1.53. The van der Waals surface area contributed by atoms with Crippen LogP contribution in [0, 0.1) is 0 Å². The van der Waals surface area contributed by atoms with Gasteiger partial charge >= 0.3 is 0 Å². The molecule has 3 nitrogen and oxygen atoms in total. The van der Waals surface area contributed by atoms with Crippen molar-refractivity contribution in [2.45, 2.75) is 38.5 Å². The third kappa shape index (κ3) is 6.40. The lowest BCUT2D eigenvalue weighted by Gasteiger charge is -2.04. The molecule has 0 aliphatic rings. The molecular formula is C13H21NO2. The van der Waals surface area contributed by atoms with E-state index in [1.807, 2.05) is 18.2 Å². The minimum Gasteiger partial charge on any atom is -0.478 e. The van der Waals surface area contributed by atoms with E-state index < -0.39 is 0 Å². The molecule has 16 heavy (non-hydrogen) atoms. The number of aliphatic hydroxyl groups is 1. The summed E-state index contributed by atoms with van der Waals surface area (Å²) in [6, 6.07) is 5.69. The van der Waals surface area contributed by atoms with E-state index in [0.717, 1.165) is 25.9 Å². The zero-order chi connectivity index (χ0) is 11.5. The number of unbranched alkanes of at least 4 members (excludes halogenated alkanes) is 5. The number of hydrogen-bond donors (Lipinski definition) is 1. The highest BCUT2D eigenvalue weighted by atomic mass is 16.5. The molecule has 1 aromatic rings. The van der Waals surface area contributed by atoms with Gasteiger partial charge in [0.2, 0.25) is 5.88 Å². The molecule has 0 aliphatic heterocycles. The number of nitrogens with zero attached hydrogens (tertiary/aromatic N) is 1. The largest absolute Gasteiger partial charge is 0.478 e. The molecule has 0 saturated carbocycles. The highest BCUT2D eigenvalue weighted by Gasteiger charge is 1.94. The zero-order valence-corrected chi connectivity index (χ0v) is 9.77. The van der Waals surface area contributed by atoms with Crippen molar-refractivity contribution < 1.29 is 9.84 Å². The Morgan fingerprint density at radius 2 is 1.75 bits per heavy atom. The van der Waals surface area contributed by atoms with Gasteiger partial charge in [-0.25, -0.2) is 4.98 Å². The Kier molecular flexibility index (Phi) is 7.43. The second-order valence-electron chi connectivity index (χ2n) is 3.86. The van der Waals surface area contributed by atoms with Crippen LogP contribution in [0.15, 0.2) is 24.4 Å². The summed E-state index contributed by atoms with van der Waals surface area (Å²) in [6.07, 6.45) is 8.52. The maximum Gasteiger partial charge on any atom is 0.213 e. The van der Waals surface area contributed by atoms with Gasteiger partial charge in [0, 0.05) is 18.9 Å². The monoisotopic (exact) mass is 223 g/mol. The Labute approximate surface area is 97.5 Å². The van der Waals surface area contributed by atoms with E-state index in [9.17, 15) is 0 Å². The SMILES string of the molecule is OCCCCCCCCOc1ccccn1. The molecule has 1 N–H and O–H groups in total. The van der Waals surface area contributed by atoms with Gasteiger partial charge in [0.1, 0.15) is 0 Å². The summed E-state index contributed by atoms with van der Waals surface area (Å²) < 4.78 is 5.48. The van der Waals surface area contributed by atoms with E-state index in [4.69, 9.17) is 9.84 Å². The number of hydrogen-bond acceptors (Lipinski definition) is 3. The molecule has 0 saturated heterocycles. The third-order valence-electron chi connectivity index (χ3n) is 2.44. The van der Waals surface area contributed by atoms with Crippen LogP contribution in [0.1, 0.15) is 38.5 Å². The van der Waals surface area contributed by atoms with Crippen LogP contribution in [0.2, 0.25) is 0 Å². The highest BCUT2D eigenvalue weighted by molar-refractivity contribution is 5.08. The molecular weight excluding hydrogens is 202 g/mol. The van der Waals surface area contributed by atoms with Crippen LogP contribution in [0.5, 0.6) is 5.88 Å². The molecule has 0 unspecified atom stereocenters. The van der Waals surface area contributed by atoms with Gasteiger partial charge in [0.15, 0.2) is 0 Å². The van der Waals surface area contributed by atoms with Crippen LogP contribution in [-0.4, -0.2) is 23.3 Å². The van der Waals surface area contributed by atoms with Crippen molar-refractivity contribution in [1.29, 1.82) is 0 Å². The average Bonchev–Trinajstić information content (AvgIpc) is 2.34. The van der Waals surface area contributed by atoms with Crippen molar-refractivity contribution in [3.05, 3.63) is 24.4 Å². The van der Waals surface area contributed by atoms with Gasteiger partial charge in [0.25, 0.3) is 0 Å². The predicted octanol–water partition coefficient (Wildman–Crippen LogP) is 2.79. The second-order valence-corrected chi connectivity index (χ2v) is 3.86. The molecule has 0 aliphatic carbocycles. The molecule has 0 atom stereocenters. The van der Waals surface area contributed by atoms with Crippen molar-refractivity contribution in [2.24, 2.45) is 0 Å². The van der Waals surface area contributed by atoms with Crippen LogP contribution in [0.4, 0.5) is 0 Å². The molecule has 1 heterocycles. The van der Waals surface area contributed by atoms with Crippen molar-refractivity contribution >= 4 is 0 Å². The van der Waals surface area contributed by atoms with E-state index in [-0.39, 0.29) is 0 Å². The van der Waals surface area contributed by atoms with Crippen LogP contribution >= 0.6 is 0 Å². The van der Waals surface area contributed by atoms with E-state index in [2.05, 4.69) is 4.98 Å². The Bertz CT molecular complexity index is 251. The number of rotatable bonds is 9. The molecule has 3 heteroatoms. The Hall–Kier alpha value is -1.09. The molecule has 1 rings (SSSR count). The summed E-state index contributed by atoms with van der Waals surface area (Å²) in [7, 11) is 0. The molecule has 90 valence electrons. The summed E-state index contributed by atoms with van der Waals surface area (Å²) in [5, 5.41) is 8.61. The summed E-state index contributed by atoms with van der Waals surface area (Å²) >= 11 is 0. The van der Waals surface area contributed by atoms with Crippen molar-refractivity contribution in [2.75, 3.05) is 13.2 Å². The van der Waals surface area contributed by atoms with Gasteiger partial charge < -0.3 is 9.84 Å². The topological polar surface area (TPSA) is 42.4 Å². The lowest BCUT2D eigenvalue weighted by molar-refractivity contribution is 0.279. The van der Waals surface area contributed by atoms with Crippen molar-refractivity contribution in [1.82, 2.24) is 4.98 Å². The quantitative estimate of drug-likeness (QED) is 0.654. The van der Waals surface area contributed by atoms with E-state index in [1.54, 1.807) is 6.20 Å². The van der Waals surface area contributed by atoms with Crippen LogP contribution < -0.4 is 4.74 Å².